The monoisotopic (exact) mass is 554 g/mol. The van der Waals surface area contributed by atoms with Crippen molar-refractivity contribution in [1.82, 2.24) is 20.2 Å². The van der Waals surface area contributed by atoms with Crippen molar-refractivity contribution in [2.45, 2.75) is 52.6 Å². The molecule has 2 aliphatic carbocycles. The van der Waals surface area contributed by atoms with Gasteiger partial charge in [0.15, 0.2) is 0 Å². The highest BCUT2D eigenvalue weighted by Crippen LogP contribution is 2.65. The summed E-state index contributed by atoms with van der Waals surface area (Å²) in [6.45, 7) is 12.0. The van der Waals surface area contributed by atoms with E-state index in [1.165, 1.54) is 24.1 Å². The number of amides is 1. The molecule has 2 N–H and O–H groups in total. The summed E-state index contributed by atoms with van der Waals surface area (Å²) in [6, 6.07) is 18.6. The van der Waals surface area contributed by atoms with Gasteiger partial charge in [-0.3, -0.25) is 9.69 Å². The molecule has 2 saturated carbocycles. The molecule has 1 saturated heterocycles. The zero-order chi connectivity index (χ0) is 28.6. The number of fused-ring (bicyclic) bond motifs is 2. The van der Waals surface area contributed by atoms with Crippen LogP contribution in [0.5, 0.6) is 5.75 Å². The van der Waals surface area contributed by atoms with E-state index < -0.39 is 0 Å². The van der Waals surface area contributed by atoms with Crippen molar-refractivity contribution in [3.05, 3.63) is 72.1 Å². The number of carbonyl (C=O) groups is 1. The van der Waals surface area contributed by atoms with Crippen molar-refractivity contribution in [3.63, 3.8) is 0 Å². The van der Waals surface area contributed by atoms with E-state index in [-0.39, 0.29) is 22.8 Å². The smallest absolute Gasteiger partial charge is 0.270 e. The van der Waals surface area contributed by atoms with Gasteiger partial charge in [-0.1, -0.05) is 32.9 Å². The van der Waals surface area contributed by atoms with Crippen LogP contribution in [-0.4, -0.2) is 60.1 Å². The Hall–Kier alpha value is -3.65. The standard InChI is InChI=1S/C33H42N6O2/c1-32(2)24-13-15-33(32,3)29(21-24)37-30(40)28-14-16-34-31(36-28)35-25-7-9-26(10-8-25)39-19-17-38(18-20-39)22-23-5-11-27(41-4)12-6-23/h5-12,14,16,24,29H,13,15,17-22H2,1-4H3,(H,37,40)(H,34,35,36). The zero-order valence-electron chi connectivity index (χ0n) is 24.7. The number of rotatable bonds is 8. The second kappa shape index (κ2) is 11.0. The Morgan fingerprint density at radius 1 is 1.00 bits per heavy atom. The van der Waals surface area contributed by atoms with E-state index in [4.69, 9.17) is 4.74 Å². The Labute approximate surface area is 243 Å². The quantitative estimate of drug-likeness (QED) is 0.381. The van der Waals surface area contributed by atoms with Crippen LogP contribution in [0.15, 0.2) is 60.8 Å². The summed E-state index contributed by atoms with van der Waals surface area (Å²) in [7, 11) is 1.70. The first-order valence-corrected chi connectivity index (χ1v) is 14.9. The first-order valence-electron chi connectivity index (χ1n) is 14.9. The Bertz CT molecular complexity index is 1370. The molecule has 6 rings (SSSR count). The first kappa shape index (κ1) is 27.5. The Morgan fingerprint density at radius 3 is 2.37 bits per heavy atom. The van der Waals surface area contributed by atoms with Crippen molar-refractivity contribution in [1.29, 1.82) is 0 Å². The predicted molar refractivity (Wildman–Crippen MR) is 163 cm³/mol. The average Bonchev–Trinajstić information content (AvgIpc) is 3.32. The van der Waals surface area contributed by atoms with Gasteiger partial charge in [0.1, 0.15) is 11.4 Å². The lowest BCUT2D eigenvalue weighted by atomic mass is 9.69. The molecule has 1 aromatic heterocycles. The van der Waals surface area contributed by atoms with Crippen LogP contribution in [0, 0.1) is 16.7 Å². The Morgan fingerprint density at radius 2 is 1.73 bits per heavy atom. The van der Waals surface area contributed by atoms with Crippen LogP contribution >= 0.6 is 0 Å². The van der Waals surface area contributed by atoms with Crippen LogP contribution in [-0.2, 0) is 6.54 Å². The highest BCUT2D eigenvalue weighted by atomic mass is 16.5. The van der Waals surface area contributed by atoms with Gasteiger partial charge in [0, 0.05) is 56.3 Å². The second-order valence-electron chi connectivity index (χ2n) is 12.7. The van der Waals surface area contributed by atoms with Gasteiger partial charge in [-0.25, -0.2) is 9.97 Å². The van der Waals surface area contributed by atoms with Crippen molar-refractivity contribution in [3.8, 4) is 5.75 Å². The minimum absolute atomic E-state index is 0.119. The van der Waals surface area contributed by atoms with Crippen LogP contribution in [0.2, 0.25) is 0 Å². The van der Waals surface area contributed by atoms with Gasteiger partial charge in [-0.15, -0.1) is 0 Å². The van der Waals surface area contributed by atoms with E-state index in [1.807, 2.05) is 24.3 Å². The molecule has 2 bridgehead atoms. The number of nitrogens with one attached hydrogen (secondary N) is 2. The summed E-state index contributed by atoms with van der Waals surface area (Å²) < 4.78 is 5.27. The molecule has 216 valence electrons. The van der Waals surface area contributed by atoms with E-state index in [1.54, 1.807) is 19.4 Å². The topological polar surface area (TPSA) is 82.6 Å². The number of ether oxygens (including phenoxy) is 1. The maximum absolute atomic E-state index is 13.2. The minimum Gasteiger partial charge on any atom is -0.497 e. The average molecular weight is 555 g/mol. The van der Waals surface area contributed by atoms with Gasteiger partial charge in [0.05, 0.1) is 7.11 Å². The van der Waals surface area contributed by atoms with E-state index in [0.717, 1.165) is 50.6 Å². The number of hydrogen-bond acceptors (Lipinski definition) is 7. The highest BCUT2D eigenvalue weighted by molar-refractivity contribution is 5.92. The summed E-state index contributed by atoms with van der Waals surface area (Å²) in [5.41, 5.74) is 4.19. The first-order chi connectivity index (χ1) is 19.7. The highest BCUT2D eigenvalue weighted by Gasteiger charge is 2.61. The lowest BCUT2D eigenvalue weighted by Crippen LogP contribution is -2.47. The van der Waals surface area contributed by atoms with Crippen LogP contribution < -0.4 is 20.3 Å². The lowest BCUT2D eigenvalue weighted by molar-refractivity contribution is 0.0821. The number of aromatic nitrogens is 2. The molecule has 8 heteroatoms. The number of hydrogen-bond donors (Lipinski definition) is 2. The summed E-state index contributed by atoms with van der Waals surface area (Å²) in [6.07, 6.45) is 5.13. The van der Waals surface area contributed by atoms with Crippen molar-refractivity contribution in [2.24, 2.45) is 16.7 Å². The maximum atomic E-state index is 13.2. The third-order valence-electron chi connectivity index (χ3n) is 10.4. The molecule has 8 nitrogen and oxygen atoms in total. The fourth-order valence-corrected chi connectivity index (χ4v) is 7.24. The molecule has 3 fully saturated rings. The summed E-state index contributed by atoms with van der Waals surface area (Å²) in [4.78, 5) is 27.0. The fraction of sp³-hybridized carbons (Fsp3) is 0.485. The predicted octanol–water partition coefficient (Wildman–Crippen LogP) is 5.50. The van der Waals surface area contributed by atoms with Crippen LogP contribution in [0.1, 0.15) is 56.1 Å². The second-order valence-corrected chi connectivity index (χ2v) is 12.7. The third-order valence-corrected chi connectivity index (χ3v) is 10.4. The number of piperazine rings is 1. The molecule has 1 aliphatic heterocycles. The molecule has 3 aromatic rings. The SMILES string of the molecule is COc1ccc(CN2CCN(c3ccc(Nc4nccc(C(=O)NC5CC6CCC5(C)C6(C)C)n4)cc3)CC2)cc1. The van der Waals surface area contributed by atoms with Gasteiger partial charge < -0.3 is 20.3 Å². The molecular formula is C33H42N6O2. The molecule has 3 aliphatic rings. The zero-order valence-corrected chi connectivity index (χ0v) is 24.7. The van der Waals surface area contributed by atoms with Crippen LogP contribution in [0.3, 0.4) is 0 Å². The summed E-state index contributed by atoms with van der Waals surface area (Å²) in [5, 5.41) is 6.58. The third kappa shape index (κ3) is 5.37. The number of methoxy groups -OCH3 is 1. The molecule has 1 amide bonds. The molecular weight excluding hydrogens is 512 g/mol. The molecule has 0 spiro atoms. The summed E-state index contributed by atoms with van der Waals surface area (Å²) >= 11 is 0. The van der Waals surface area contributed by atoms with Crippen molar-refractivity contribution >= 4 is 23.2 Å². The summed E-state index contributed by atoms with van der Waals surface area (Å²) in [5.74, 6) is 1.88. The molecule has 2 aromatic carbocycles. The van der Waals surface area contributed by atoms with Gasteiger partial charge in [0.25, 0.3) is 5.91 Å². The fourth-order valence-electron chi connectivity index (χ4n) is 7.24. The number of anilines is 3. The van der Waals surface area contributed by atoms with Gasteiger partial charge in [-0.05, 0) is 84.0 Å². The number of carbonyl (C=O) groups excluding carboxylic acids is 1. The van der Waals surface area contributed by atoms with Gasteiger partial charge in [0.2, 0.25) is 5.95 Å². The van der Waals surface area contributed by atoms with E-state index in [9.17, 15) is 4.79 Å². The number of nitrogens with zero attached hydrogens (tertiary/aromatic N) is 4. The molecule has 0 radical (unpaired) electrons. The van der Waals surface area contributed by atoms with E-state index in [2.05, 4.69) is 75.4 Å². The minimum atomic E-state index is -0.119. The van der Waals surface area contributed by atoms with E-state index >= 15 is 0 Å². The molecule has 3 unspecified atom stereocenters. The lowest BCUT2D eigenvalue weighted by Gasteiger charge is -2.39. The van der Waals surface area contributed by atoms with Crippen molar-refractivity contribution in [2.75, 3.05) is 43.5 Å². The molecule has 2 heterocycles. The Kier molecular flexibility index (Phi) is 7.36. The molecule has 3 atom stereocenters. The van der Waals surface area contributed by atoms with E-state index in [0.29, 0.717) is 17.6 Å². The number of benzene rings is 2. The van der Waals surface area contributed by atoms with Gasteiger partial charge >= 0.3 is 0 Å². The van der Waals surface area contributed by atoms with Crippen molar-refractivity contribution < 1.29 is 9.53 Å². The largest absolute Gasteiger partial charge is 0.497 e. The Balaban J connectivity index is 1.02. The maximum Gasteiger partial charge on any atom is 0.270 e. The van der Waals surface area contributed by atoms with Crippen LogP contribution in [0.4, 0.5) is 17.3 Å². The molecule has 41 heavy (non-hydrogen) atoms. The van der Waals surface area contributed by atoms with Crippen LogP contribution in [0.25, 0.3) is 0 Å². The normalized spacial score (nSPS) is 25.2. The van der Waals surface area contributed by atoms with Gasteiger partial charge in [-0.2, -0.15) is 0 Å².